The van der Waals surface area contributed by atoms with Crippen molar-refractivity contribution in [2.45, 2.75) is 31.8 Å². The van der Waals surface area contributed by atoms with E-state index in [4.69, 9.17) is 0 Å². The van der Waals surface area contributed by atoms with E-state index in [0.717, 1.165) is 25.9 Å². The minimum absolute atomic E-state index is 0.0121. The number of piperidine rings is 1. The maximum Gasteiger partial charge on any atom is 0.317 e. The number of hydrogen-bond acceptors (Lipinski definition) is 2. The number of nitrogens with one attached hydrogen (secondary N) is 1. The smallest absolute Gasteiger partial charge is 0.317 e. The lowest BCUT2D eigenvalue weighted by Crippen LogP contribution is -2.50. The van der Waals surface area contributed by atoms with Gasteiger partial charge in [-0.2, -0.15) is 0 Å². The Kier molecular flexibility index (Phi) is 4.34. The molecule has 1 aromatic carbocycles. The number of fused-ring (bicyclic) bond motifs is 1. The summed E-state index contributed by atoms with van der Waals surface area (Å²) >= 11 is 0. The van der Waals surface area contributed by atoms with E-state index in [9.17, 15) is 9.59 Å². The van der Waals surface area contributed by atoms with Crippen molar-refractivity contribution < 1.29 is 9.59 Å². The van der Waals surface area contributed by atoms with E-state index >= 15 is 0 Å². The summed E-state index contributed by atoms with van der Waals surface area (Å²) in [7, 11) is 0. The van der Waals surface area contributed by atoms with Gasteiger partial charge in [-0.3, -0.25) is 4.79 Å². The lowest BCUT2D eigenvalue weighted by molar-refractivity contribution is -0.133. The van der Waals surface area contributed by atoms with Crippen molar-refractivity contribution in [2.24, 2.45) is 0 Å². The molecular weight excluding hydrogens is 316 g/mol. The van der Waals surface area contributed by atoms with Crippen LogP contribution in [0.5, 0.6) is 0 Å². The van der Waals surface area contributed by atoms with Crippen molar-refractivity contribution in [3.8, 4) is 0 Å². The minimum atomic E-state index is 0.0121. The van der Waals surface area contributed by atoms with Crippen LogP contribution in [0.25, 0.3) is 10.9 Å². The number of carbonyl (C=O) groups excluding carboxylic acids is 2. The predicted octanol–water partition coefficient (Wildman–Crippen LogP) is 2.05. The molecule has 0 radical (unpaired) electrons. The van der Waals surface area contributed by atoms with Crippen LogP contribution in [0.4, 0.5) is 4.79 Å². The van der Waals surface area contributed by atoms with E-state index in [1.54, 1.807) is 0 Å². The molecule has 2 fully saturated rings. The van der Waals surface area contributed by atoms with Gasteiger partial charge in [-0.05, 0) is 30.4 Å². The van der Waals surface area contributed by atoms with Crippen molar-refractivity contribution in [2.75, 3.05) is 26.2 Å². The second-order valence-corrected chi connectivity index (χ2v) is 6.88. The van der Waals surface area contributed by atoms with Crippen LogP contribution in [0.15, 0.2) is 36.5 Å². The quantitative estimate of drug-likeness (QED) is 0.926. The Morgan fingerprint density at radius 1 is 1.20 bits per heavy atom. The molecule has 2 aliphatic rings. The molecule has 0 spiro atoms. The summed E-state index contributed by atoms with van der Waals surface area (Å²) in [4.78, 5) is 28.4. The van der Waals surface area contributed by atoms with Crippen LogP contribution in [0.3, 0.4) is 0 Å². The van der Waals surface area contributed by atoms with Gasteiger partial charge in [0.05, 0.1) is 6.04 Å². The highest BCUT2D eigenvalue weighted by molar-refractivity contribution is 5.81. The summed E-state index contributed by atoms with van der Waals surface area (Å²) in [6.45, 7) is 3.62. The molecule has 3 heterocycles. The summed E-state index contributed by atoms with van der Waals surface area (Å²) in [5.41, 5.74) is 1.17. The molecule has 3 amide bonds. The van der Waals surface area contributed by atoms with E-state index in [-0.39, 0.29) is 18.0 Å². The lowest BCUT2D eigenvalue weighted by atomic mass is 10.0. The number of aryl methyl sites for hydroxylation is 1. The molecule has 1 atom stereocenters. The average Bonchev–Trinajstić information content (AvgIpc) is 3.26. The number of para-hydroxylation sites is 1. The Hall–Kier alpha value is -2.50. The molecule has 2 aliphatic heterocycles. The van der Waals surface area contributed by atoms with Gasteiger partial charge < -0.3 is 19.7 Å². The Morgan fingerprint density at radius 2 is 2.08 bits per heavy atom. The van der Waals surface area contributed by atoms with Crippen molar-refractivity contribution >= 4 is 22.8 Å². The zero-order valence-electron chi connectivity index (χ0n) is 14.4. The van der Waals surface area contributed by atoms with E-state index in [2.05, 4.69) is 28.1 Å². The van der Waals surface area contributed by atoms with Crippen LogP contribution in [0, 0.1) is 0 Å². The second kappa shape index (κ2) is 6.78. The third-order valence-electron chi connectivity index (χ3n) is 5.33. The minimum Gasteiger partial charge on any atom is -0.347 e. The van der Waals surface area contributed by atoms with E-state index in [1.165, 1.54) is 10.9 Å². The number of hydrogen-bond donors (Lipinski definition) is 1. The Labute approximate surface area is 147 Å². The molecule has 6 heteroatoms. The number of rotatable bonds is 4. The monoisotopic (exact) mass is 340 g/mol. The number of benzene rings is 1. The number of carbonyl (C=O) groups is 2. The molecule has 0 unspecified atom stereocenters. The average molecular weight is 340 g/mol. The highest BCUT2D eigenvalue weighted by Crippen LogP contribution is 2.19. The van der Waals surface area contributed by atoms with Crippen LogP contribution in [0.2, 0.25) is 0 Å². The van der Waals surface area contributed by atoms with Gasteiger partial charge in [0.15, 0.2) is 0 Å². The molecule has 1 aromatic heterocycles. The summed E-state index contributed by atoms with van der Waals surface area (Å²) in [6.07, 6.45) is 4.50. The number of amides is 3. The number of urea groups is 1. The number of aromatic nitrogens is 1. The fraction of sp³-hybridized carbons (Fsp3) is 0.474. The normalized spacial score (nSPS) is 21.0. The van der Waals surface area contributed by atoms with Gasteiger partial charge in [-0.1, -0.05) is 18.2 Å². The van der Waals surface area contributed by atoms with Crippen molar-refractivity contribution in [1.82, 2.24) is 19.7 Å². The third-order valence-corrected chi connectivity index (χ3v) is 5.33. The van der Waals surface area contributed by atoms with Gasteiger partial charge in [-0.25, -0.2) is 4.79 Å². The molecule has 4 rings (SSSR count). The van der Waals surface area contributed by atoms with Gasteiger partial charge in [0.2, 0.25) is 5.91 Å². The van der Waals surface area contributed by atoms with Gasteiger partial charge in [-0.15, -0.1) is 0 Å². The Balaban J connectivity index is 1.36. The Bertz CT molecular complexity index is 785. The first kappa shape index (κ1) is 16.0. The van der Waals surface area contributed by atoms with E-state index < -0.39 is 0 Å². The predicted molar refractivity (Wildman–Crippen MR) is 96.3 cm³/mol. The molecule has 0 bridgehead atoms. The SMILES string of the molecule is O=C(CCn1ccc2ccccc21)N1CCC[C@H](N2CCNC2=O)C1. The maximum absolute atomic E-state index is 12.7. The largest absolute Gasteiger partial charge is 0.347 e. The van der Waals surface area contributed by atoms with Crippen molar-refractivity contribution in [3.05, 3.63) is 36.5 Å². The molecule has 25 heavy (non-hydrogen) atoms. The molecular formula is C19H24N4O2. The van der Waals surface area contributed by atoms with Crippen LogP contribution >= 0.6 is 0 Å². The zero-order valence-corrected chi connectivity index (χ0v) is 14.4. The maximum atomic E-state index is 12.7. The first-order chi connectivity index (χ1) is 12.2. The van der Waals surface area contributed by atoms with Gasteiger partial charge >= 0.3 is 6.03 Å². The molecule has 1 N–H and O–H groups in total. The fourth-order valence-electron chi connectivity index (χ4n) is 3.98. The van der Waals surface area contributed by atoms with Crippen molar-refractivity contribution in [3.63, 3.8) is 0 Å². The summed E-state index contributed by atoms with van der Waals surface area (Å²) in [6, 6.07) is 10.5. The topological polar surface area (TPSA) is 57.6 Å². The molecule has 2 aromatic rings. The first-order valence-electron chi connectivity index (χ1n) is 9.08. The van der Waals surface area contributed by atoms with Crippen molar-refractivity contribution in [1.29, 1.82) is 0 Å². The van der Waals surface area contributed by atoms with Gasteiger partial charge in [0.25, 0.3) is 0 Å². The molecule has 132 valence electrons. The van der Waals surface area contributed by atoms with Crippen LogP contribution in [-0.2, 0) is 11.3 Å². The first-order valence-corrected chi connectivity index (χ1v) is 9.08. The highest BCUT2D eigenvalue weighted by atomic mass is 16.2. The molecule has 0 saturated carbocycles. The zero-order chi connectivity index (χ0) is 17.2. The van der Waals surface area contributed by atoms with Crippen LogP contribution < -0.4 is 5.32 Å². The van der Waals surface area contributed by atoms with Gasteiger partial charge in [0, 0.05) is 50.9 Å². The second-order valence-electron chi connectivity index (χ2n) is 6.88. The Morgan fingerprint density at radius 3 is 2.92 bits per heavy atom. The standard InChI is InChI=1S/C19H24N4O2/c24-18(8-12-21-11-7-15-4-1-2-6-17(15)21)22-10-3-5-16(14-22)23-13-9-20-19(23)25/h1-2,4,6-7,11,16H,3,5,8-10,12-14H2,(H,20,25)/t16-/m0/s1. The highest BCUT2D eigenvalue weighted by Gasteiger charge is 2.32. The van der Waals surface area contributed by atoms with E-state index in [0.29, 0.717) is 26.1 Å². The number of likely N-dealkylation sites (tertiary alicyclic amines) is 1. The summed E-state index contributed by atoms with van der Waals surface area (Å²) in [5.74, 6) is 0.182. The third kappa shape index (κ3) is 3.21. The summed E-state index contributed by atoms with van der Waals surface area (Å²) in [5, 5.41) is 4.05. The van der Waals surface area contributed by atoms with E-state index in [1.807, 2.05) is 28.1 Å². The molecule has 6 nitrogen and oxygen atoms in total. The summed E-state index contributed by atoms with van der Waals surface area (Å²) < 4.78 is 2.14. The lowest BCUT2D eigenvalue weighted by Gasteiger charge is -2.37. The fourth-order valence-corrected chi connectivity index (χ4v) is 3.98. The molecule has 0 aliphatic carbocycles. The van der Waals surface area contributed by atoms with Crippen LogP contribution in [-0.4, -0.2) is 58.5 Å². The van der Waals surface area contributed by atoms with Crippen LogP contribution in [0.1, 0.15) is 19.3 Å². The number of nitrogens with zero attached hydrogens (tertiary/aromatic N) is 3. The molecule has 2 saturated heterocycles. The van der Waals surface area contributed by atoms with Gasteiger partial charge in [0.1, 0.15) is 0 Å².